The van der Waals surface area contributed by atoms with Crippen molar-refractivity contribution in [3.05, 3.63) is 156 Å². The number of carbonyl (C=O) groups excluding carboxylic acids is 2. The minimum absolute atomic E-state index is 0.0935. The summed E-state index contributed by atoms with van der Waals surface area (Å²) in [5.41, 5.74) is 0.714. The molecule has 6 aromatic carbocycles. The third-order valence-electron chi connectivity index (χ3n) is 8.94. The van der Waals surface area contributed by atoms with Crippen LogP contribution in [0.25, 0.3) is 49.7 Å². The quantitative estimate of drug-likeness (QED) is 0.138. The van der Waals surface area contributed by atoms with Crippen LogP contribution in [0.3, 0.4) is 0 Å². The molecule has 8 rings (SSSR count). The molecule has 1 aromatic heterocycles. The van der Waals surface area contributed by atoms with Crippen molar-refractivity contribution < 1.29 is 35.9 Å². The molecule has 0 spiro atoms. The number of hydrogen-bond acceptors (Lipinski definition) is 2. The highest BCUT2D eigenvalue weighted by atomic mass is 19.4. The molecule has 2 heterocycles. The number of rotatable bonds is 4. The monoisotopic (exact) mass is 676 g/mol. The van der Waals surface area contributed by atoms with E-state index in [1.54, 1.807) is 65.2 Å². The van der Waals surface area contributed by atoms with Gasteiger partial charge in [-0.05, 0) is 76.9 Å². The van der Waals surface area contributed by atoms with E-state index in [0.717, 1.165) is 21.4 Å². The van der Waals surface area contributed by atoms with Crippen LogP contribution in [0.5, 0.6) is 0 Å². The lowest BCUT2D eigenvalue weighted by Gasteiger charge is -2.16. The van der Waals surface area contributed by atoms with E-state index in [1.165, 1.54) is 12.1 Å². The zero-order valence-electron chi connectivity index (χ0n) is 25.7. The molecular formula is C40H22F6N2O2. The number of nitrogens with zero attached hydrogens (tertiary/aromatic N) is 2. The summed E-state index contributed by atoms with van der Waals surface area (Å²) in [4.78, 5) is 29.3. The van der Waals surface area contributed by atoms with E-state index in [-0.39, 0.29) is 28.3 Å². The van der Waals surface area contributed by atoms with Crippen molar-refractivity contribution in [3.63, 3.8) is 0 Å². The highest BCUT2D eigenvalue weighted by molar-refractivity contribution is 6.36. The first-order valence-electron chi connectivity index (χ1n) is 15.4. The van der Waals surface area contributed by atoms with Crippen LogP contribution >= 0.6 is 0 Å². The van der Waals surface area contributed by atoms with E-state index in [2.05, 4.69) is 0 Å². The number of benzene rings is 6. The van der Waals surface area contributed by atoms with Crippen LogP contribution in [0.1, 0.15) is 31.8 Å². The van der Waals surface area contributed by atoms with Crippen molar-refractivity contribution in [1.82, 2.24) is 4.57 Å². The number of para-hydroxylation sites is 1. The maximum atomic E-state index is 14.3. The fourth-order valence-electron chi connectivity index (χ4n) is 6.67. The van der Waals surface area contributed by atoms with Crippen LogP contribution in [0, 0.1) is 0 Å². The molecule has 10 heteroatoms. The average Bonchev–Trinajstić information content (AvgIpc) is 3.58. The number of fused-ring (bicyclic) bond motifs is 4. The first-order valence-corrected chi connectivity index (χ1v) is 15.4. The van der Waals surface area contributed by atoms with Gasteiger partial charge in [0.15, 0.2) is 0 Å². The Balaban J connectivity index is 1.32. The maximum absolute atomic E-state index is 14.3. The van der Waals surface area contributed by atoms with Crippen LogP contribution in [0.15, 0.2) is 133 Å². The summed E-state index contributed by atoms with van der Waals surface area (Å²) < 4.78 is 84.2. The zero-order chi connectivity index (χ0) is 34.9. The number of carbonyl (C=O) groups is 2. The number of hydrogen-bond donors (Lipinski definition) is 0. The van der Waals surface area contributed by atoms with Crippen molar-refractivity contribution in [2.45, 2.75) is 12.4 Å². The van der Waals surface area contributed by atoms with Crippen LogP contribution in [0.4, 0.5) is 32.0 Å². The molecule has 4 nitrogen and oxygen atoms in total. The minimum Gasteiger partial charge on any atom is -0.308 e. The Hall–Kier alpha value is -6.16. The lowest BCUT2D eigenvalue weighted by Crippen LogP contribution is -2.29. The smallest absolute Gasteiger partial charge is 0.308 e. The van der Waals surface area contributed by atoms with E-state index in [0.29, 0.717) is 39.9 Å². The van der Waals surface area contributed by atoms with Crippen molar-refractivity contribution in [2.75, 3.05) is 4.90 Å². The minimum atomic E-state index is -5.01. The molecule has 1 aliphatic rings. The summed E-state index contributed by atoms with van der Waals surface area (Å²) >= 11 is 0. The maximum Gasteiger partial charge on any atom is 0.416 e. The van der Waals surface area contributed by atoms with Gasteiger partial charge in [0.05, 0.1) is 44.7 Å². The SMILES string of the molecule is O=C1c2cccc(-n3c4ccccc4c4ccc(-c5cc(C(F)(F)F)cc(C(F)(F)F)c5)cc43)c2C(=O)N1c1cccc(-c2ccccc2)c1. The van der Waals surface area contributed by atoms with E-state index < -0.39 is 35.3 Å². The lowest BCUT2D eigenvalue weighted by molar-refractivity contribution is -0.143. The van der Waals surface area contributed by atoms with Gasteiger partial charge in [-0.1, -0.05) is 78.9 Å². The van der Waals surface area contributed by atoms with Crippen LogP contribution in [-0.4, -0.2) is 16.4 Å². The molecule has 1 aliphatic heterocycles. The molecule has 0 N–H and O–H groups in total. The Morgan fingerprint density at radius 1 is 0.460 bits per heavy atom. The zero-order valence-corrected chi connectivity index (χ0v) is 25.7. The Morgan fingerprint density at radius 3 is 1.80 bits per heavy atom. The normalized spacial score (nSPS) is 13.4. The molecule has 0 bridgehead atoms. The van der Waals surface area contributed by atoms with Crippen molar-refractivity contribution >= 4 is 39.3 Å². The Bertz CT molecular complexity index is 2480. The largest absolute Gasteiger partial charge is 0.416 e. The molecule has 0 atom stereocenters. The van der Waals surface area contributed by atoms with Gasteiger partial charge in [-0.15, -0.1) is 0 Å². The highest BCUT2D eigenvalue weighted by Gasteiger charge is 2.40. The Morgan fingerprint density at radius 2 is 1.08 bits per heavy atom. The summed E-state index contributed by atoms with van der Waals surface area (Å²) in [6.07, 6.45) is -10.0. The number of imide groups is 1. The molecule has 0 radical (unpaired) electrons. The summed E-state index contributed by atoms with van der Waals surface area (Å²) in [6.45, 7) is 0. The number of halogens is 6. The van der Waals surface area contributed by atoms with Crippen LogP contribution < -0.4 is 4.90 Å². The third-order valence-corrected chi connectivity index (χ3v) is 8.94. The van der Waals surface area contributed by atoms with Crippen molar-refractivity contribution in [2.24, 2.45) is 0 Å². The van der Waals surface area contributed by atoms with Gasteiger partial charge in [-0.25, -0.2) is 4.90 Å². The second-order valence-electron chi connectivity index (χ2n) is 11.9. The van der Waals surface area contributed by atoms with Crippen LogP contribution in [-0.2, 0) is 12.4 Å². The van der Waals surface area contributed by atoms with Gasteiger partial charge in [0, 0.05) is 10.8 Å². The van der Waals surface area contributed by atoms with Crippen molar-refractivity contribution in [1.29, 1.82) is 0 Å². The molecule has 7 aromatic rings. The van der Waals surface area contributed by atoms with Crippen LogP contribution in [0.2, 0.25) is 0 Å². The molecule has 0 unspecified atom stereocenters. The summed E-state index contributed by atoms with van der Waals surface area (Å²) in [5, 5.41) is 1.38. The Labute approximate surface area is 280 Å². The summed E-state index contributed by atoms with van der Waals surface area (Å²) in [5.74, 6) is -1.09. The second-order valence-corrected chi connectivity index (χ2v) is 11.9. The summed E-state index contributed by atoms with van der Waals surface area (Å²) in [7, 11) is 0. The number of alkyl halides is 6. The molecule has 50 heavy (non-hydrogen) atoms. The molecule has 0 saturated heterocycles. The third kappa shape index (κ3) is 5.03. The summed E-state index contributed by atoms with van der Waals surface area (Å²) in [6, 6.07) is 34.7. The van der Waals surface area contributed by atoms with E-state index in [9.17, 15) is 35.9 Å². The molecule has 246 valence electrons. The highest BCUT2D eigenvalue weighted by Crippen LogP contribution is 2.42. The Kier molecular flexibility index (Phi) is 6.97. The van der Waals surface area contributed by atoms with Gasteiger partial charge < -0.3 is 4.57 Å². The first kappa shape index (κ1) is 31.1. The van der Waals surface area contributed by atoms with E-state index >= 15 is 0 Å². The van der Waals surface area contributed by atoms with Gasteiger partial charge >= 0.3 is 12.4 Å². The fraction of sp³-hybridized carbons (Fsp3) is 0.0500. The molecule has 0 fully saturated rings. The predicted molar refractivity (Wildman–Crippen MR) is 179 cm³/mol. The molecule has 0 aliphatic carbocycles. The van der Waals surface area contributed by atoms with Gasteiger partial charge in [0.2, 0.25) is 0 Å². The number of aromatic nitrogens is 1. The molecule has 2 amide bonds. The van der Waals surface area contributed by atoms with E-state index in [4.69, 9.17) is 0 Å². The van der Waals surface area contributed by atoms with Gasteiger partial charge in [-0.3, -0.25) is 9.59 Å². The van der Waals surface area contributed by atoms with Gasteiger partial charge in [0.1, 0.15) is 0 Å². The van der Waals surface area contributed by atoms with Gasteiger partial charge in [-0.2, -0.15) is 26.3 Å². The topological polar surface area (TPSA) is 42.3 Å². The number of anilines is 1. The van der Waals surface area contributed by atoms with E-state index in [1.807, 2.05) is 42.5 Å². The fourth-order valence-corrected chi connectivity index (χ4v) is 6.67. The lowest BCUT2D eigenvalue weighted by atomic mass is 9.98. The first-order chi connectivity index (χ1) is 23.9. The predicted octanol–water partition coefficient (Wildman–Crippen LogP) is 11.0. The van der Waals surface area contributed by atoms with Gasteiger partial charge in [0.25, 0.3) is 11.8 Å². The molecule has 0 saturated carbocycles. The second kappa shape index (κ2) is 11.2. The standard InChI is InChI=1S/C40H22F6N2O2/c41-39(42,43)27-18-26(19-28(22-27)40(44,45)46)25-16-17-31-30-12-4-5-14-33(30)48(35(31)21-25)34-15-7-13-32-36(34)38(50)47(37(32)49)29-11-6-10-24(20-29)23-8-2-1-3-9-23/h1-22H. The number of amides is 2. The molecular weight excluding hydrogens is 654 g/mol. The average molecular weight is 677 g/mol. The van der Waals surface area contributed by atoms with Crippen molar-refractivity contribution in [3.8, 4) is 27.9 Å².